The van der Waals surface area contributed by atoms with E-state index in [1.807, 2.05) is 22.3 Å². The SMILES string of the molecule is C=CC=C1CCCC(/C=C/I)=C1c1ccc(C(=O)O)cc1. The smallest absolute Gasteiger partial charge is 0.335 e. The summed E-state index contributed by atoms with van der Waals surface area (Å²) < 4.78 is 2.02. The van der Waals surface area contributed by atoms with Crippen LogP contribution in [-0.2, 0) is 0 Å². The maximum absolute atomic E-state index is 11.0. The van der Waals surface area contributed by atoms with Gasteiger partial charge in [0.15, 0.2) is 0 Å². The average molecular weight is 392 g/mol. The third-order valence-corrected chi connectivity index (χ3v) is 3.90. The van der Waals surface area contributed by atoms with Gasteiger partial charge in [0.25, 0.3) is 0 Å². The molecule has 2 nitrogen and oxygen atoms in total. The molecule has 0 heterocycles. The number of allylic oxidation sites excluding steroid dienone is 6. The van der Waals surface area contributed by atoms with Gasteiger partial charge < -0.3 is 5.11 Å². The molecule has 21 heavy (non-hydrogen) atoms. The summed E-state index contributed by atoms with van der Waals surface area (Å²) in [6, 6.07) is 7.11. The Morgan fingerprint density at radius 2 is 1.95 bits per heavy atom. The Kier molecular flexibility index (Phi) is 5.56. The van der Waals surface area contributed by atoms with Crippen molar-refractivity contribution in [1.82, 2.24) is 0 Å². The van der Waals surface area contributed by atoms with E-state index >= 15 is 0 Å². The predicted molar refractivity (Wildman–Crippen MR) is 95.6 cm³/mol. The fourth-order valence-corrected chi connectivity index (χ4v) is 3.06. The lowest BCUT2D eigenvalue weighted by atomic mass is 9.83. The Hall–Kier alpha value is -1.62. The van der Waals surface area contributed by atoms with Crippen LogP contribution in [0.15, 0.2) is 64.3 Å². The number of hydrogen-bond acceptors (Lipinski definition) is 1. The van der Waals surface area contributed by atoms with Crippen LogP contribution in [0, 0.1) is 0 Å². The summed E-state index contributed by atoms with van der Waals surface area (Å²) in [4.78, 5) is 11.0. The first-order valence-corrected chi connectivity index (χ1v) is 8.07. The van der Waals surface area contributed by atoms with E-state index in [1.165, 1.54) is 16.7 Å². The van der Waals surface area contributed by atoms with Crippen LogP contribution in [0.5, 0.6) is 0 Å². The molecule has 0 unspecified atom stereocenters. The van der Waals surface area contributed by atoms with Gasteiger partial charge >= 0.3 is 5.97 Å². The summed E-state index contributed by atoms with van der Waals surface area (Å²) in [5, 5.41) is 9.01. The second kappa shape index (κ2) is 7.41. The number of aromatic carboxylic acids is 1. The van der Waals surface area contributed by atoms with Crippen LogP contribution in [0.2, 0.25) is 0 Å². The van der Waals surface area contributed by atoms with Crippen molar-refractivity contribution in [3.8, 4) is 0 Å². The molecule has 1 N–H and O–H groups in total. The van der Waals surface area contributed by atoms with Gasteiger partial charge in [0, 0.05) is 0 Å². The van der Waals surface area contributed by atoms with Crippen molar-refractivity contribution in [2.45, 2.75) is 19.3 Å². The van der Waals surface area contributed by atoms with Crippen LogP contribution in [0.1, 0.15) is 35.2 Å². The highest BCUT2D eigenvalue weighted by Crippen LogP contribution is 2.37. The highest BCUT2D eigenvalue weighted by Gasteiger charge is 2.17. The molecular formula is C18H17IO2. The Labute approximate surface area is 138 Å². The number of carbonyl (C=O) groups is 1. The molecule has 0 radical (unpaired) electrons. The van der Waals surface area contributed by atoms with E-state index in [0.717, 1.165) is 24.8 Å². The van der Waals surface area contributed by atoms with Crippen LogP contribution in [0.3, 0.4) is 0 Å². The van der Waals surface area contributed by atoms with Gasteiger partial charge in [-0.25, -0.2) is 4.79 Å². The summed E-state index contributed by atoms with van der Waals surface area (Å²) in [6.07, 6.45) is 9.21. The number of carboxylic acid groups (broad SMARTS) is 1. The number of hydrogen-bond donors (Lipinski definition) is 1. The van der Waals surface area contributed by atoms with Crippen LogP contribution >= 0.6 is 22.6 Å². The molecule has 0 saturated carbocycles. The molecule has 1 aromatic rings. The summed E-state index contributed by atoms with van der Waals surface area (Å²) in [5.74, 6) is -0.895. The highest BCUT2D eigenvalue weighted by atomic mass is 127. The second-order valence-electron chi connectivity index (χ2n) is 4.86. The van der Waals surface area contributed by atoms with E-state index in [-0.39, 0.29) is 0 Å². The highest BCUT2D eigenvalue weighted by molar-refractivity contribution is 14.1. The summed E-state index contributed by atoms with van der Waals surface area (Å²) in [5.41, 5.74) is 5.16. The van der Waals surface area contributed by atoms with Gasteiger partial charge in [-0.1, -0.05) is 59.5 Å². The molecule has 108 valence electrons. The van der Waals surface area contributed by atoms with Crippen LogP contribution < -0.4 is 0 Å². The maximum Gasteiger partial charge on any atom is 0.335 e. The van der Waals surface area contributed by atoms with E-state index < -0.39 is 5.97 Å². The maximum atomic E-state index is 11.0. The van der Waals surface area contributed by atoms with Crippen molar-refractivity contribution >= 4 is 34.1 Å². The van der Waals surface area contributed by atoms with Gasteiger partial charge in [0.2, 0.25) is 0 Å². The van der Waals surface area contributed by atoms with Crippen molar-refractivity contribution in [1.29, 1.82) is 0 Å². The lowest BCUT2D eigenvalue weighted by Crippen LogP contribution is -2.03. The third kappa shape index (κ3) is 3.73. The topological polar surface area (TPSA) is 37.3 Å². The molecule has 1 aliphatic rings. The largest absolute Gasteiger partial charge is 0.478 e. The van der Waals surface area contributed by atoms with Gasteiger partial charge in [-0.15, -0.1) is 0 Å². The molecule has 0 saturated heterocycles. The quantitative estimate of drug-likeness (QED) is 0.699. The molecule has 0 aromatic heterocycles. The van der Waals surface area contributed by atoms with E-state index in [4.69, 9.17) is 5.11 Å². The third-order valence-electron chi connectivity index (χ3n) is 3.54. The van der Waals surface area contributed by atoms with Gasteiger partial charge in [0.05, 0.1) is 5.56 Å². The molecule has 0 amide bonds. The van der Waals surface area contributed by atoms with Crippen LogP contribution in [-0.4, -0.2) is 11.1 Å². The molecule has 1 aliphatic carbocycles. The van der Waals surface area contributed by atoms with E-state index in [2.05, 4.69) is 41.3 Å². The molecule has 3 heteroatoms. The van der Waals surface area contributed by atoms with E-state index in [9.17, 15) is 4.79 Å². The first-order chi connectivity index (χ1) is 10.2. The Morgan fingerprint density at radius 1 is 1.24 bits per heavy atom. The van der Waals surface area contributed by atoms with Crippen molar-refractivity contribution in [3.63, 3.8) is 0 Å². The van der Waals surface area contributed by atoms with Crippen molar-refractivity contribution in [3.05, 3.63) is 75.4 Å². The van der Waals surface area contributed by atoms with Crippen molar-refractivity contribution in [2.75, 3.05) is 0 Å². The van der Waals surface area contributed by atoms with Crippen molar-refractivity contribution in [2.24, 2.45) is 0 Å². The number of carboxylic acids is 1. The molecule has 0 spiro atoms. The monoisotopic (exact) mass is 392 g/mol. The molecule has 0 bridgehead atoms. The number of benzene rings is 1. The van der Waals surface area contributed by atoms with Crippen molar-refractivity contribution < 1.29 is 9.90 Å². The van der Waals surface area contributed by atoms with E-state index in [0.29, 0.717) is 5.56 Å². The fourth-order valence-electron chi connectivity index (χ4n) is 2.63. The predicted octanol–water partition coefficient (Wildman–Crippen LogP) is 5.38. The Balaban J connectivity index is 2.54. The van der Waals surface area contributed by atoms with Gasteiger partial charge in [-0.2, -0.15) is 0 Å². The van der Waals surface area contributed by atoms with Crippen LogP contribution in [0.4, 0.5) is 0 Å². The Morgan fingerprint density at radius 3 is 2.52 bits per heavy atom. The zero-order valence-electron chi connectivity index (χ0n) is 11.7. The number of rotatable bonds is 4. The minimum Gasteiger partial charge on any atom is -0.478 e. The zero-order chi connectivity index (χ0) is 15.2. The molecule has 0 atom stereocenters. The van der Waals surface area contributed by atoms with E-state index in [1.54, 1.807) is 12.1 Å². The first kappa shape index (κ1) is 15.8. The lowest BCUT2D eigenvalue weighted by molar-refractivity contribution is 0.0697. The normalized spacial score (nSPS) is 17.5. The summed E-state index contributed by atoms with van der Waals surface area (Å²) in [6.45, 7) is 3.80. The fraction of sp³-hybridized carbons (Fsp3) is 0.167. The summed E-state index contributed by atoms with van der Waals surface area (Å²) in [7, 11) is 0. The molecule has 0 aliphatic heterocycles. The first-order valence-electron chi connectivity index (χ1n) is 6.83. The zero-order valence-corrected chi connectivity index (χ0v) is 13.8. The minimum atomic E-state index is -0.895. The molecule has 2 rings (SSSR count). The lowest BCUT2D eigenvalue weighted by Gasteiger charge is -2.22. The van der Waals surface area contributed by atoms with Gasteiger partial charge in [-0.3, -0.25) is 0 Å². The average Bonchev–Trinajstić information content (AvgIpc) is 2.48. The van der Waals surface area contributed by atoms with Crippen LogP contribution in [0.25, 0.3) is 5.57 Å². The van der Waals surface area contributed by atoms with Gasteiger partial charge in [0.1, 0.15) is 0 Å². The summed E-state index contributed by atoms with van der Waals surface area (Å²) >= 11 is 2.23. The second-order valence-corrected chi connectivity index (χ2v) is 5.58. The molecular weight excluding hydrogens is 375 g/mol. The van der Waals surface area contributed by atoms with Gasteiger partial charge in [-0.05, 0) is 57.8 Å². The molecule has 1 aromatic carbocycles. The Bertz CT molecular complexity index is 634. The minimum absolute atomic E-state index is 0.315. The standard InChI is InChI=1S/C18H17IO2/c1-2-4-13-5-3-6-14(11-12-19)17(13)15-7-9-16(10-8-15)18(20)21/h2,4,7-12H,1,3,5-6H2,(H,20,21)/b12-11+,13-4?. The molecule has 0 fully saturated rings. The number of halogens is 1.